The molecule has 0 fully saturated rings. The molecular formula is C46H28N2O. The minimum Gasteiger partial charge on any atom is -0.451 e. The van der Waals surface area contributed by atoms with E-state index in [0.29, 0.717) is 11.4 Å². The Labute approximate surface area is 282 Å². The highest BCUT2D eigenvalue weighted by Gasteiger charge is 2.20. The van der Waals surface area contributed by atoms with Gasteiger partial charge in [0.2, 0.25) is 0 Å². The van der Waals surface area contributed by atoms with Crippen LogP contribution in [0.3, 0.4) is 0 Å². The molecule has 0 spiro atoms. The average molecular weight is 625 g/mol. The Morgan fingerprint density at radius 1 is 0.327 bits per heavy atom. The number of furan rings is 1. The van der Waals surface area contributed by atoms with Crippen molar-refractivity contribution in [2.45, 2.75) is 0 Å². The van der Waals surface area contributed by atoms with Crippen LogP contribution in [0.5, 0.6) is 0 Å². The molecule has 0 saturated heterocycles. The standard InChI is InChI=1S/C46H28N2O/c1-3-13-29(14-4-1)34-23-12-24-40-43-45(49-44(34)40)42(47-46(48-43)30-15-5-2-6-16-30)33-18-11-17-31(27-33)32-25-26-39-37-21-8-7-19-35(37)36-20-9-10-22-38(36)41(39)28-32/h1-28H. The SMILES string of the molecule is c1ccc(-c2nc(-c3cccc(-c4ccc5c6ccccc6c6ccccc6c5c4)c3)c3oc4c(-c5ccccc5)cccc4c3n2)cc1. The number of fused-ring (bicyclic) bond motifs is 9. The molecule has 0 saturated carbocycles. The highest BCUT2D eigenvalue weighted by atomic mass is 16.3. The van der Waals surface area contributed by atoms with E-state index < -0.39 is 0 Å². The summed E-state index contributed by atoms with van der Waals surface area (Å²) in [4.78, 5) is 10.3. The topological polar surface area (TPSA) is 38.9 Å². The minimum atomic E-state index is 0.672. The molecule has 0 bridgehead atoms. The molecule has 0 N–H and O–H groups in total. The lowest BCUT2D eigenvalue weighted by Crippen LogP contribution is -1.94. The van der Waals surface area contributed by atoms with Gasteiger partial charge in [0.15, 0.2) is 11.4 Å². The van der Waals surface area contributed by atoms with E-state index >= 15 is 0 Å². The number of nitrogens with zero attached hydrogens (tertiary/aromatic N) is 2. The van der Waals surface area contributed by atoms with Crippen LogP contribution in [-0.4, -0.2) is 9.97 Å². The van der Waals surface area contributed by atoms with E-state index in [-0.39, 0.29) is 0 Å². The molecule has 8 aromatic carbocycles. The summed E-state index contributed by atoms with van der Waals surface area (Å²) in [6.45, 7) is 0. The summed E-state index contributed by atoms with van der Waals surface area (Å²) in [6, 6.07) is 59.7. The predicted molar refractivity (Wildman–Crippen MR) is 204 cm³/mol. The van der Waals surface area contributed by atoms with Crippen LogP contribution in [0.25, 0.3) is 99.3 Å². The van der Waals surface area contributed by atoms with Crippen molar-refractivity contribution in [1.82, 2.24) is 9.97 Å². The van der Waals surface area contributed by atoms with Crippen molar-refractivity contribution < 1.29 is 4.42 Å². The second-order valence-electron chi connectivity index (χ2n) is 12.5. The average Bonchev–Trinajstić information content (AvgIpc) is 3.57. The molecule has 10 rings (SSSR count). The Balaban J connectivity index is 1.20. The highest BCUT2D eigenvalue weighted by Crippen LogP contribution is 2.41. The predicted octanol–water partition coefficient (Wildman–Crippen LogP) is 12.5. The van der Waals surface area contributed by atoms with Gasteiger partial charge in [0, 0.05) is 22.1 Å². The maximum Gasteiger partial charge on any atom is 0.180 e. The first-order chi connectivity index (χ1) is 24.3. The molecular weight excluding hydrogens is 597 g/mol. The normalized spacial score (nSPS) is 11.7. The number of benzene rings is 8. The Kier molecular flexibility index (Phi) is 6.18. The summed E-state index contributed by atoms with van der Waals surface area (Å²) in [5, 5.41) is 8.57. The van der Waals surface area contributed by atoms with Gasteiger partial charge >= 0.3 is 0 Å². The summed E-state index contributed by atoms with van der Waals surface area (Å²) in [5.41, 5.74) is 9.43. The highest BCUT2D eigenvalue weighted by molar-refractivity contribution is 6.25. The zero-order chi connectivity index (χ0) is 32.3. The smallest absolute Gasteiger partial charge is 0.180 e. The van der Waals surface area contributed by atoms with E-state index in [0.717, 1.165) is 55.6 Å². The summed E-state index contributed by atoms with van der Waals surface area (Å²) in [5.74, 6) is 0.672. The van der Waals surface area contributed by atoms with Crippen molar-refractivity contribution in [3.63, 3.8) is 0 Å². The van der Waals surface area contributed by atoms with Gasteiger partial charge < -0.3 is 4.42 Å². The lowest BCUT2D eigenvalue weighted by atomic mass is 9.91. The van der Waals surface area contributed by atoms with Crippen molar-refractivity contribution >= 4 is 54.4 Å². The fraction of sp³-hybridized carbons (Fsp3) is 0. The first-order valence-corrected chi connectivity index (χ1v) is 16.6. The van der Waals surface area contributed by atoms with E-state index in [9.17, 15) is 0 Å². The van der Waals surface area contributed by atoms with E-state index in [2.05, 4.69) is 146 Å². The first-order valence-electron chi connectivity index (χ1n) is 16.6. The van der Waals surface area contributed by atoms with Gasteiger partial charge in [-0.15, -0.1) is 0 Å². The number of para-hydroxylation sites is 1. The van der Waals surface area contributed by atoms with Gasteiger partial charge in [-0.2, -0.15) is 0 Å². The fourth-order valence-corrected chi connectivity index (χ4v) is 7.36. The largest absolute Gasteiger partial charge is 0.451 e. The maximum atomic E-state index is 6.78. The van der Waals surface area contributed by atoms with Gasteiger partial charge in [-0.3, -0.25) is 0 Å². The molecule has 2 heterocycles. The minimum absolute atomic E-state index is 0.672. The number of hydrogen-bond donors (Lipinski definition) is 0. The Hall–Kier alpha value is -6.58. The van der Waals surface area contributed by atoms with Crippen molar-refractivity contribution in [3.8, 4) is 44.9 Å². The molecule has 0 aliphatic rings. The molecule has 0 unspecified atom stereocenters. The summed E-state index contributed by atoms with van der Waals surface area (Å²) in [7, 11) is 0. The lowest BCUT2D eigenvalue weighted by molar-refractivity contribution is 0.668. The van der Waals surface area contributed by atoms with Crippen LogP contribution in [0.1, 0.15) is 0 Å². The van der Waals surface area contributed by atoms with Crippen LogP contribution in [0.15, 0.2) is 174 Å². The zero-order valence-corrected chi connectivity index (χ0v) is 26.5. The van der Waals surface area contributed by atoms with E-state index in [1.165, 1.54) is 32.3 Å². The van der Waals surface area contributed by atoms with E-state index in [1.54, 1.807) is 0 Å². The molecule has 0 radical (unpaired) electrons. The third-order valence-electron chi connectivity index (χ3n) is 9.67. The Morgan fingerprint density at radius 3 is 1.57 bits per heavy atom. The molecule has 10 aromatic rings. The molecule has 0 aliphatic heterocycles. The van der Waals surface area contributed by atoms with Gasteiger partial charge in [-0.25, -0.2) is 9.97 Å². The zero-order valence-electron chi connectivity index (χ0n) is 26.5. The Bertz CT molecular complexity index is 2840. The van der Waals surface area contributed by atoms with Crippen LogP contribution in [-0.2, 0) is 0 Å². The van der Waals surface area contributed by atoms with Crippen molar-refractivity contribution in [3.05, 3.63) is 170 Å². The van der Waals surface area contributed by atoms with Gasteiger partial charge in [0.05, 0.1) is 0 Å². The van der Waals surface area contributed by atoms with Crippen LogP contribution in [0.2, 0.25) is 0 Å². The van der Waals surface area contributed by atoms with Crippen LogP contribution in [0.4, 0.5) is 0 Å². The van der Waals surface area contributed by atoms with E-state index in [1.807, 2.05) is 24.3 Å². The summed E-state index contributed by atoms with van der Waals surface area (Å²) in [6.07, 6.45) is 0. The van der Waals surface area contributed by atoms with Crippen LogP contribution < -0.4 is 0 Å². The van der Waals surface area contributed by atoms with Gasteiger partial charge in [-0.1, -0.05) is 152 Å². The monoisotopic (exact) mass is 624 g/mol. The van der Waals surface area contributed by atoms with Gasteiger partial charge in [0.25, 0.3) is 0 Å². The third-order valence-corrected chi connectivity index (χ3v) is 9.67. The molecule has 3 nitrogen and oxygen atoms in total. The molecule has 3 heteroatoms. The van der Waals surface area contributed by atoms with Crippen molar-refractivity contribution in [2.75, 3.05) is 0 Å². The van der Waals surface area contributed by atoms with Crippen molar-refractivity contribution in [2.24, 2.45) is 0 Å². The molecule has 49 heavy (non-hydrogen) atoms. The third kappa shape index (κ3) is 4.44. The molecule has 228 valence electrons. The second kappa shape index (κ2) is 11.0. The van der Waals surface area contributed by atoms with Gasteiger partial charge in [-0.05, 0) is 67.2 Å². The van der Waals surface area contributed by atoms with Crippen LogP contribution in [0, 0.1) is 0 Å². The molecule has 0 aliphatic carbocycles. The summed E-state index contributed by atoms with van der Waals surface area (Å²) >= 11 is 0. The second-order valence-corrected chi connectivity index (χ2v) is 12.5. The molecule has 2 aromatic heterocycles. The Morgan fingerprint density at radius 2 is 0.857 bits per heavy atom. The maximum absolute atomic E-state index is 6.78. The van der Waals surface area contributed by atoms with Crippen LogP contribution >= 0.6 is 0 Å². The quantitative estimate of drug-likeness (QED) is 0.183. The number of aromatic nitrogens is 2. The van der Waals surface area contributed by atoms with Gasteiger partial charge in [0.1, 0.15) is 16.8 Å². The first kappa shape index (κ1) is 27.5. The van der Waals surface area contributed by atoms with E-state index in [4.69, 9.17) is 14.4 Å². The molecule has 0 atom stereocenters. The lowest BCUT2D eigenvalue weighted by Gasteiger charge is -2.12. The molecule has 0 amide bonds. The van der Waals surface area contributed by atoms with Crippen molar-refractivity contribution in [1.29, 1.82) is 0 Å². The number of hydrogen-bond acceptors (Lipinski definition) is 3. The fourth-order valence-electron chi connectivity index (χ4n) is 7.36. The summed E-state index contributed by atoms with van der Waals surface area (Å²) < 4.78 is 6.78. The number of rotatable bonds is 4.